The number of aromatic hydroxyl groups is 2. The third-order valence-corrected chi connectivity index (χ3v) is 7.52. The molecule has 0 radical (unpaired) electrons. The molecule has 1 aromatic heterocycles. The van der Waals surface area contributed by atoms with Crippen LogP contribution in [0.1, 0.15) is 46.5 Å². The lowest BCUT2D eigenvalue weighted by Crippen LogP contribution is -2.26. The van der Waals surface area contributed by atoms with E-state index in [1.165, 1.54) is 0 Å². The lowest BCUT2D eigenvalue weighted by atomic mass is 9.76. The molecule has 1 aromatic carbocycles. The second kappa shape index (κ2) is 5.11. The Morgan fingerprint density at radius 2 is 1.91 bits per heavy atom. The van der Waals surface area contributed by atoms with Crippen LogP contribution in [-0.4, -0.2) is 27.5 Å². The number of hydrogen-bond acceptors (Lipinski definition) is 6. The van der Waals surface area contributed by atoms with Crippen molar-refractivity contribution in [3.8, 4) is 11.5 Å². The molecule has 23 heavy (non-hydrogen) atoms. The molecule has 0 spiro atoms. The molecule has 0 unspecified atom stereocenters. The maximum absolute atomic E-state index is 12.7. The first kappa shape index (κ1) is 15.3. The standard InChI is InChI=1S/C17H18O4S2/c1-17(2)6-10(19)13-11(7-17)21-15-12(13)8(5-9(18)14(15)20)16-22-3-4-23-16/h5,16,18,20H,3-4,6-7H2,1-2H3. The van der Waals surface area contributed by atoms with Crippen LogP contribution in [0.25, 0.3) is 11.0 Å². The molecule has 2 aromatic rings. The van der Waals surface area contributed by atoms with Crippen LogP contribution < -0.4 is 0 Å². The summed E-state index contributed by atoms with van der Waals surface area (Å²) in [6.07, 6.45) is 1.13. The van der Waals surface area contributed by atoms with Gasteiger partial charge in [0.2, 0.25) is 5.75 Å². The van der Waals surface area contributed by atoms with Gasteiger partial charge >= 0.3 is 0 Å². The van der Waals surface area contributed by atoms with Crippen LogP contribution in [-0.2, 0) is 6.42 Å². The summed E-state index contributed by atoms with van der Waals surface area (Å²) in [6.45, 7) is 4.09. The van der Waals surface area contributed by atoms with Crippen molar-refractivity contribution in [1.29, 1.82) is 0 Å². The first-order valence-corrected chi connectivity index (χ1v) is 9.74. The summed E-state index contributed by atoms with van der Waals surface area (Å²) >= 11 is 3.59. The van der Waals surface area contributed by atoms with Gasteiger partial charge in [-0.25, -0.2) is 0 Å². The van der Waals surface area contributed by atoms with Crippen molar-refractivity contribution < 1.29 is 19.4 Å². The number of phenols is 2. The van der Waals surface area contributed by atoms with E-state index in [4.69, 9.17) is 4.42 Å². The number of hydrogen-bond donors (Lipinski definition) is 2. The van der Waals surface area contributed by atoms with E-state index in [1.807, 2.05) is 13.8 Å². The van der Waals surface area contributed by atoms with E-state index in [-0.39, 0.29) is 32.9 Å². The third-order valence-electron chi connectivity index (χ3n) is 4.45. The first-order chi connectivity index (χ1) is 10.9. The summed E-state index contributed by atoms with van der Waals surface area (Å²) in [7, 11) is 0. The smallest absolute Gasteiger partial charge is 0.201 e. The minimum atomic E-state index is -0.267. The predicted octanol–water partition coefficient (Wildman–Crippen LogP) is 4.48. The number of thioether (sulfide) groups is 2. The van der Waals surface area contributed by atoms with Gasteiger partial charge in [-0.1, -0.05) is 13.8 Å². The second-order valence-corrected chi connectivity index (χ2v) is 9.68. The van der Waals surface area contributed by atoms with E-state index >= 15 is 0 Å². The van der Waals surface area contributed by atoms with Gasteiger partial charge in [0.1, 0.15) is 5.76 Å². The summed E-state index contributed by atoms with van der Waals surface area (Å²) in [6, 6.07) is 1.59. The molecule has 1 aliphatic carbocycles. The molecule has 1 saturated heterocycles. The Labute approximate surface area is 142 Å². The van der Waals surface area contributed by atoms with Crippen LogP contribution in [0.4, 0.5) is 0 Å². The van der Waals surface area contributed by atoms with Gasteiger partial charge < -0.3 is 14.6 Å². The largest absolute Gasteiger partial charge is 0.504 e. The number of Topliss-reactive ketones (excluding diaryl/α,β-unsaturated/α-hetero) is 1. The van der Waals surface area contributed by atoms with Crippen LogP contribution in [0.5, 0.6) is 11.5 Å². The van der Waals surface area contributed by atoms with Gasteiger partial charge in [0.25, 0.3) is 0 Å². The van der Waals surface area contributed by atoms with E-state index in [0.29, 0.717) is 29.6 Å². The molecule has 2 heterocycles. The lowest BCUT2D eigenvalue weighted by Gasteiger charge is -2.27. The van der Waals surface area contributed by atoms with Crippen molar-refractivity contribution >= 4 is 40.3 Å². The number of fused-ring (bicyclic) bond motifs is 3. The molecule has 122 valence electrons. The van der Waals surface area contributed by atoms with Crippen molar-refractivity contribution in [1.82, 2.24) is 0 Å². The van der Waals surface area contributed by atoms with Gasteiger partial charge in [-0.15, -0.1) is 23.5 Å². The minimum absolute atomic E-state index is 0.0642. The predicted molar refractivity (Wildman–Crippen MR) is 93.6 cm³/mol. The van der Waals surface area contributed by atoms with Gasteiger partial charge in [0.05, 0.1) is 10.1 Å². The Morgan fingerprint density at radius 3 is 2.61 bits per heavy atom. The topological polar surface area (TPSA) is 70.7 Å². The normalized spacial score (nSPS) is 21.0. The highest BCUT2D eigenvalue weighted by molar-refractivity contribution is 8.19. The van der Waals surface area contributed by atoms with Crippen LogP contribution in [0.2, 0.25) is 0 Å². The SMILES string of the molecule is CC1(C)CC(=O)c2c(oc3c(O)c(O)cc(C4SCCS4)c23)C1. The minimum Gasteiger partial charge on any atom is -0.504 e. The Morgan fingerprint density at radius 1 is 1.22 bits per heavy atom. The highest BCUT2D eigenvalue weighted by atomic mass is 32.2. The molecule has 1 fully saturated rings. The van der Waals surface area contributed by atoms with E-state index in [9.17, 15) is 15.0 Å². The van der Waals surface area contributed by atoms with E-state index in [2.05, 4.69) is 0 Å². The number of furan rings is 1. The molecule has 2 N–H and O–H groups in total. The fraction of sp³-hybridized carbons (Fsp3) is 0.471. The molecular weight excluding hydrogens is 332 g/mol. The Hall–Kier alpha value is -1.27. The van der Waals surface area contributed by atoms with Gasteiger partial charge in [0.15, 0.2) is 17.1 Å². The van der Waals surface area contributed by atoms with Gasteiger partial charge in [-0.05, 0) is 17.0 Å². The summed E-state index contributed by atoms with van der Waals surface area (Å²) in [4.78, 5) is 12.7. The summed E-state index contributed by atoms with van der Waals surface area (Å²) < 4.78 is 6.02. The summed E-state index contributed by atoms with van der Waals surface area (Å²) in [5, 5.41) is 21.0. The number of carbonyl (C=O) groups excluding carboxylic acids is 1. The van der Waals surface area contributed by atoms with Gasteiger partial charge in [-0.3, -0.25) is 4.79 Å². The van der Waals surface area contributed by atoms with Crippen molar-refractivity contribution in [3.05, 3.63) is 23.0 Å². The zero-order valence-electron chi connectivity index (χ0n) is 13.0. The molecule has 0 saturated carbocycles. The quantitative estimate of drug-likeness (QED) is 0.739. The molecule has 0 atom stereocenters. The summed E-state index contributed by atoms with van der Waals surface area (Å²) in [5.74, 6) is 2.33. The maximum atomic E-state index is 12.7. The average Bonchev–Trinajstić information content (AvgIpc) is 3.08. The van der Waals surface area contributed by atoms with E-state index < -0.39 is 0 Å². The molecule has 4 rings (SSSR count). The van der Waals surface area contributed by atoms with Crippen molar-refractivity contribution in [2.24, 2.45) is 5.41 Å². The molecule has 1 aliphatic heterocycles. The van der Waals surface area contributed by atoms with Crippen LogP contribution >= 0.6 is 23.5 Å². The number of carbonyl (C=O) groups is 1. The molecule has 6 heteroatoms. The van der Waals surface area contributed by atoms with Crippen molar-refractivity contribution in [3.63, 3.8) is 0 Å². The lowest BCUT2D eigenvalue weighted by molar-refractivity contribution is 0.0905. The monoisotopic (exact) mass is 350 g/mol. The molecule has 4 nitrogen and oxygen atoms in total. The molecule has 0 amide bonds. The van der Waals surface area contributed by atoms with Crippen LogP contribution in [0.15, 0.2) is 10.5 Å². The highest BCUT2D eigenvalue weighted by Gasteiger charge is 2.38. The van der Waals surface area contributed by atoms with Crippen molar-refractivity contribution in [2.45, 2.75) is 31.3 Å². The van der Waals surface area contributed by atoms with Crippen LogP contribution in [0.3, 0.4) is 0 Å². The first-order valence-electron chi connectivity index (χ1n) is 7.64. The van der Waals surface area contributed by atoms with Gasteiger partial charge in [-0.2, -0.15) is 0 Å². The van der Waals surface area contributed by atoms with Crippen molar-refractivity contribution in [2.75, 3.05) is 11.5 Å². The van der Waals surface area contributed by atoms with Crippen LogP contribution in [0, 0.1) is 5.41 Å². The highest BCUT2D eigenvalue weighted by Crippen LogP contribution is 2.53. The molecule has 2 aliphatic rings. The van der Waals surface area contributed by atoms with E-state index in [1.54, 1.807) is 29.6 Å². The fourth-order valence-electron chi connectivity index (χ4n) is 3.49. The van der Waals surface area contributed by atoms with E-state index in [0.717, 1.165) is 17.1 Å². The molecule has 0 bridgehead atoms. The Bertz CT molecular complexity index is 816. The Kier molecular flexibility index (Phi) is 3.39. The number of benzene rings is 1. The Balaban J connectivity index is 2.02. The zero-order chi connectivity index (χ0) is 16.4. The number of rotatable bonds is 1. The fourth-order valence-corrected chi connectivity index (χ4v) is 6.38. The third kappa shape index (κ3) is 2.34. The maximum Gasteiger partial charge on any atom is 0.201 e. The molecular formula is C17H18O4S2. The van der Waals surface area contributed by atoms with Gasteiger partial charge in [0, 0.05) is 29.7 Å². The summed E-state index contributed by atoms with van der Waals surface area (Å²) in [5.41, 5.74) is 1.61. The zero-order valence-corrected chi connectivity index (χ0v) is 14.6. The second-order valence-electron chi connectivity index (χ2n) is 6.95. The average molecular weight is 350 g/mol. The number of ketones is 1. The number of phenolic OH excluding ortho intramolecular Hbond substituents is 2.